The molecule has 1 unspecified atom stereocenters. The lowest BCUT2D eigenvalue weighted by atomic mass is 9.90. The molecule has 16 nitrogen and oxygen atoms in total. The number of hydrogen-bond donors (Lipinski definition) is 4. The third-order valence-corrected chi connectivity index (χ3v) is 12.1. The number of fused-ring (bicyclic) bond motifs is 8. The Hall–Kier alpha value is -6.28. The molecule has 62 heavy (non-hydrogen) atoms. The van der Waals surface area contributed by atoms with Gasteiger partial charge in [0.15, 0.2) is 22.9 Å². The van der Waals surface area contributed by atoms with E-state index in [-0.39, 0.29) is 50.5 Å². The van der Waals surface area contributed by atoms with Crippen molar-refractivity contribution in [3.05, 3.63) is 124 Å². The fourth-order valence-corrected chi connectivity index (χ4v) is 8.68. The highest BCUT2D eigenvalue weighted by Gasteiger charge is 2.39. The molecule has 0 saturated carbocycles. The lowest BCUT2D eigenvalue weighted by Crippen LogP contribution is -2.56. The van der Waals surface area contributed by atoms with Gasteiger partial charge in [0.05, 0.1) is 10.0 Å². The van der Waals surface area contributed by atoms with Gasteiger partial charge in [-0.3, -0.25) is 48.1 Å². The number of amides is 4. The molecule has 0 aliphatic carbocycles. The number of nitrogens with zero attached hydrogens (tertiary/aromatic N) is 6. The molecule has 0 radical (unpaired) electrons. The van der Waals surface area contributed by atoms with Crippen LogP contribution in [0.1, 0.15) is 96.4 Å². The van der Waals surface area contributed by atoms with Gasteiger partial charge in [0, 0.05) is 68.7 Å². The minimum absolute atomic E-state index is 0.111. The Labute approximate surface area is 358 Å². The van der Waals surface area contributed by atoms with Gasteiger partial charge < -0.3 is 30.6 Å². The molecule has 2 aromatic heterocycles. The lowest BCUT2D eigenvalue weighted by molar-refractivity contribution is 0.0654. The van der Waals surface area contributed by atoms with E-state index in [1.165, 1.54) is 19.5 Å². The number of carbonyl (C=O) groups is 4. The van der Waals surface area contributed by atoms with E-state index in [0.717, 1.165) is 54.5 Å². The molecular formula is C40H36Cl2F4N8O8. The molecule has 4 aliphatic rings. The van der Waals surface area contributed by atoms with Crippen LogP contribution in [0, 0.1) is 23.3 Å². The van der Waals surface area contributed by atoms with Gasteiger partial charge in [0.2, 0.25) is 10.9 Å². The molecule has 2 fully saturated rings. The summed E-state index contributed by atoms with van der Waals surface area (Å²) in [5.41, 5.74) is -5.77. The maximum Gasteiger partial charge on any atom is 0.277 e. The predicted octanol–water partition coefficient (Wildman–Crippen LogP) is 3.61. The highest BCUT2D eigenvalue weighted by Crippen LogP contribution is 2.35. The average Bonchev–Trinajstić information content (AvgIpc) is 3.22. The van der Waals surface area contributed by atoms with E-state index in [9.17, 15) is 47.8 Å². The molecule has 6 heterocycles. The van der Waals surface area contributed by atoms with Gasteiger partial charge in [-0.15, -0.1) is 0 Å². The van der Waals surface area contributed by atoms with Gasteiger partial charge in [-0.05, 0) is 55.9 Å². The van der Waals surface area contributed by atoms with E-state index in [1.54, 1.807) is 5.01 Å². The fraction of sp³-hybridized carbons (Fsp3) is 0.350. The molecule has 2 saturated heterocycles. The maximum atomic E-state index is 16.4. The molecule has 4 aliphatic heterocycles. The first-order valence-electron chi connectivity index (χ1n) is 19.5. The van der Waals surface area contributed by atoms with Crippen LogP contribution in [0.3, 0.4) is 0 Å². The number of benzene rings is 2. The van der Waals surface area contributed by atoms with Gasteiger partial charge in [0.1, 0.15) is 47.7 Å². The summed E-state index contributed by atoms with van der Waals surface area (Å²) in [6.45, 7) is -0.730. The third kappa shape index (κ3) is 7.33. The van der Waals surface area contributed by atoms with Crippen LogP contribution in [-0.4, -0.2) is 92.5 Å². The first-order chi connectivity index (χ1) is 29.6. The van der Waals surface area contributed by atoms with E-state index in [1.807, 2.05) is 0 Å². The number of pyridine rings is 2. The summed E-state index contributed by atoms with van der Waals surface area (Å²) in [6.07, 6.45) is 4.93. The Morgan fingerprint density at radius 2 is 1.21 bits per heavy atom. The third-order valence-electron chi connectivity index (χ3n) is 11.5. The van der Waals surface area contributed by atoms with Crippen LogP contribution < -0.4 is 31.5 Å². The summed E-state index contributed by atoms with van der Waals surface area (Å²) in [5, 5.41) is 28.7. The van der Waals surface area contributed by atoms with E-state index < -0.39 is 126 Å². The van der Waals surface area contributed by atoms with Crippen molar-refractivity contribution in [3.63, 3.8) is 0 Å². The average molecular weight is 904 g/mol. The molecule has 326 valence electrons. The van der Waals surface area contributed by atoms with Gasteiger partial charge in [-0.2, -0.15) is 0 Å². The zero-order chi connectivity index (χ0) is 44.3. The van der Waals surface area contributed by atoms with E-state index >= 15 is 8.78 Å². The van der Waals surface area contributed by atoms with Gasteiger partial charge >= 0.3 is 0 Å². The highest BCUT2D eigenvalue weighted by atomic mass is 35.5. The predicted molar refractivity (Wildman–Crippen MR) is 214 cm³/mol. The summed E-state index contributed by atoms with van der Waals surface area (Å²) in [7, 11) is 0. The SMILES string of the molecule is O=C(NCc1c(F)c(Cl)cc(C2CCCN3CN(C2)C(=O)c2c(O)c(=O)c(C(=O)NCc4c(F)ccc(Cl)c4F)cn23)c1F)c1cn2c(c(O)c1=O)C(=O)N1CCCCCN2C1. The van der Waals surface area contributed by atoms with Crippen molar-refractivity contribution in [2.24, 2.45) is 0 Å². The Kier molecular flexibility index (Phi) is 11.3. The number of hydrogen-bond acceptors (Lipinski definition) is 10. The van der Waals surface area contributed by atoms with Crippen LogP contribution in [-0.2, 0) is 13.1 Å². The second-order valence-electron chi connectivity index (χ2n) is 15.3. The molecule has 8 rings (SSSR count). The number of carbonyl (C=O) groups excluding carboxylic acids is 4. The van der Waals surface area contributed by atoms with Crippen LogP contribution in [0.5, 0.6) is 11.5 Å². The largest absolute Gasteiger partial charge is 0.502 e. The lowest BCUT2D eigenvalue weighted by Gasteiger charge is -2.43. The summed E-state index contributed by atoms with van der Waals surface area (Å²) in [5.74, 6) is -10.9. The monoisotopic (exact) mass is 902 g/mol. The van der Waals surface area contributed by atoms with Crippen molar-refractivity contribution in [3.8, 4) is 11.5 Å². The fourth-order valence-electron chi connectivity index (χ4n) is 8.27. The van der Waals surface area contributed by atoms with Crippen molar-refractivity contribution in [2.45, 2.75) is 51.1 Å². The van der Waals surface area contributed by atoms with E-state index in [0.29, 0.717) is 13.1 Å². The van der Waals surface area contributed by atoms with Crippen LogP contribution in [0.4, 0.5) is 17.6 Å². The van der Waals surface area contributed by atoms with Gasteiger partial charge in [-0.1, -0.05) is 23.2 Å². The second kappa shape index (κ2) is 16.5. The van der Waals surface area contributed by atoms with E-state index in [2.05, 4.69) is 10.6 Å². The number of aromatic hydroxyl groups is 2. The van der Waals surface area contributed by atoms with Crippen molar-refractivity contribution >= 4 is 46.8 Å². The number of rotatable bonds is 7. The molecule has 22 heteroatoms. The topological polar surface area (TPSA) is 190 Å². The first-order valence-corrected chi connectivity index (χ1v) is 20.2. The maximum absolute atomic E-state index is 16.4. The van der Waals surface area contributed by atoms with Gasteiger partial charge in [0.25, 0.3) is 23.6 Å². The minimum atomic E-state index is -1.25. The summed E-state index contributed by atoms with van der Waals surface area (Å²) in [4.78, 5) is 82.7. The standard InChI is InChI=1S/C40H36Cl2F4N8O8/c41-25-6-7-27(43)21(29(25)45)12-47-37(59)23-16-54-32(36(58)34(23)56)40(62)50-14-19(5-4-10-52(54)18-50)20-11-26(42)30(46)22(28(20)44)13-48-38(60)24-15-53-31(35(57)33(24)55)39(61)49-8-2-1-3-9-51(53)17-49/h6-7,11,15-16,19,57-58H,1-5,8-10,12-14,17-18H2,(H,47,59)(H,48,60). The zero-order valence-electron chi connectivity index (χ0n) is 32.5. The zero-order valence-corrected chi connectivity index (χ0v) is 34.0. The van der Waals surface area contributed by atoms with Crippen molar-refractivity contribution in [2.75, 3.05) is 49.5 Å². The molecule has 4 bridgehead atoms. The molecule has 2 aromatic carbocycles. The Morgan fingerprint density at radius 3 is 1.84 bits per heavy atom. The Bertz CT molecular complexity index is 2720. The van der Waals surface area contributed by atoms with Crippen molar-refractivity contribution in [1.29, 1.82) is 0 Å². The highest BCUT2D eigenvalue weighted by molar-refractivity contribution is 6.31. The van der Waals surface area contributed by atoms with E-state index in [4.69, 9.17) is 23.2 Å². The number of halogens is 6. The molecule has 1 atom stereocenters. The summed E-state index contributed by atoms with van der Waals surface area (Å²) < 4.78 is 63.1. The molecule has 4 amide bonds. The van der Waals surface area contributed by atoms with Crippen LogP contribution in [0.25, 0.3) is 0 Å². The van der Waals surface area contributed by atoms with Crippen LogP contribution in [0.2, 0.25) is 10.0 Å². The molecular weight excluding hydrogens is 867 g/mol. The Morgan fingerprint density at radius 1 is 0.677 bits per heavy atom. The molecule has 0 spiro atoms. The quantitative estimate of drug-likeness (QED) is 0.158. The minimum Gasteiger partial charge on any atom is -0.502 e. The smallest absolute Gasteiger partial charge is 0.277 e. The van der Waals surface area contributed by atoms with Crippen molar-refractivity contribution < 1.29 is 47.0 Å². The molecule has 4 N–H and O–H groups in total. The van der Waals surface area contributed by atoms with Crippen molar-refractivity contribution in [1.82, 2.24) is 29.8 Å². The van der Waals surface area contributed by atoms with Crippen LogP contribution >= 0.6 is 23.2 Å². The second-order valence-corrected chi connectivity index (χ2v) is 16.1. The van der Waals surface area contributed by atoms with Crippen LogP contribution in [0.15, 0.2) is 40.2 Å². The normalized spacial score (nSPS) is 17.4. The number of nitrogens with one attached hydrogen (secondary N) is 2. The van der Waals surface area contributed by atoms with Gasteiger partial charge in [-0.25, -0.2) is 17.6 Å². The Balaban J connectivity index is 1.02. The summed E-state index contributed by atoms with van der Waals surface area (Å²) in [6, 6.07) is 2.96. The molecule has 4 aromatic rings. The first kappa shape index (κ1) is 42.4. The summed E-state index contributed by atoms with van der Waals surface area (Å²) >= 11 is 12.0. The number of aromatic nitrogens is 2.